The van der Waals surface area contributed by atoms with Crippen LogP contribution in [0, 0.1) is 0 Å². The minimum atomic E-state index is -0.320. The second kappa shape index (κ2) is 11.9. The van der Waals surface area contributed by atoms with Gasteiger partial charge in [0.15, 0.2) is 0 Å². The average molecular weight is 495 g/mol. The first-order valence-corrected chi connectivity index (χ1v) is 13.1. The van der Waals surface area contributed by atoms with E-state index in [0.29, 0.717) is 36.5 Å². The van der Waals surface area contributed by atoms with E-state index in [1.54, 1.807) is 6.92 Å². The standard InChI is InChI=1S/C29H38N2O5/c1-20-24(27(34)29(36-3)28(35-2)26(20)33)19-22-9-7-21(8-10-22)11-12-25(32)31-17-13-23(14-18-31)30-15-5-4-6-16-30/h7-10,23H,4-6,11-19H2,1-3H3. The Balaban J connectivity index is 1.28. The van der Waals surface area contributed by atoms with Crippen molar-refractivity contribution in [2.75, 3.05) is 40.4 Å². The molecule has 36 heavy (non-hydrogen) atoms. The van der Waals surface area contributed by atoms with Crippen LogP contribution in [0.2, 0.25) is 0 Å². The van der Waals surface area contributed by atoms with Gasteiger partial charge in [-0.15, -0.1) is 0 Å². The normalized spacial score (nSPS) is 20.2. The van der Waals surface area contributed by atoms with Gasteiger partial charge in [0.1, 0.15) is 0 Å². The zero-order chi connectivity index (χ0) is 25.7. The van der Waals surface area contributed by atoms with Crippen LogP contribution in [0.25, 0.3) is 0 Å². The molecule has 1 aromatic carbocycles. The summed E-state index contributed by atoms with van der Waals surface area (Å²) in [6, 6.07) is 8.57. The van der Waals surface area contributed by atoms with E-state index in [1.807, 2.05) is 29.2 Å². The average Bonchev–Trinajstić information content (AvgIpc) is 2.92. The number of likely N-dealkylation sites (tertiary alicyclic amines) is 2. The van der Waals surface area contributed by atoms with Gasteiger partial charge in [0.25, 0.3) is 0 Å². The van der Waals surface area contributed by atoms with Crippen LogP contribution < -0.4 is 0 Å². The molecule has 0 spiro atoms. The molecule has 194 valence electrons. The Morgan fingerprint density at radius 1 is 0.861 bits per heavy atom. The lowest BCUT2D eigenvalue weighted by Gasteiger charge is -2.40. The number of ether oxygens (including phenoxy) is 2. The van der Waals surface area contributed by atoms with Crippen LogP contribution in [0.3, 0.4) is 0 Å². The van der Waals surface area contributed by atoms with Crippen LogP contribution in [0.4, 0.5) is 0 Å². The lowest BCUT2D eigenvalue weighted by molar-refractivity contribution is -0.132. The SMILES string of the molecule is COC1=C(OC)C(=O)C(Cc2ccc(CCC(=O)N3CCC(N4CCCCC4)CC3)cc2)=C(C)C1=O. The first-order chi connectivity index (χ1) is 17.4. The van der Waals surface area contributed by atoms with Crippen molar-refractivity contribution in [3.05, 3.63) is 58.1 Å². The first-order valence-electron chi connectivity index (χ1n) is 13.1. The monoisotopic (exact) mass is 494 g/mol. The third kappa shape index (κ3) is 5.72. The number of benzene rings is 1. The molecule has 1 amide bonds. The Kier molecular flexibility index (Phi) is 8.62. The van der Waals surface area contributed by atoms with Crippen molar-refractivity contribution in [1.82, 2.24) is 9.80 Å². The summed E-state index contributed by atoms with van der Waals surface area (Å²) in [6.45, 7) is 5.81. The molecule has 0 bridgehead atoms. The number of rotatable bonds is 8. The molecule has 0 saturated carbocycles. The largest absolute Gasteiger partial charge is 0.489 e. The van der Waals surface area contributed by atoms with Gasteiger partial charge in [0.2, 0.25) is 29.0 Å². The number of aryl methyl sites for hydroxylation is 1. The van der Waals surface area contributed by atoms with Gasteiger partial charge in [-0.1, -0.05) is 30.7 Å². The van der Waals surface area contributed by atoms with Crippen LogP contribution in [0.1, 0.15) is 56.6 Å². The van der Waals surface area contributed by atoms with E-state index >= 15 is 0 Å². The van der Waals surface area contributed by atoms with Gasteiger partial charge in [0, 0.05) is 43.1 Å². The van der Waals surface area contributed by atoms with E-state index in [2.05, 4.69) is 4.90 Å². The van der Waals surface area contributed by atoms with Crippen LogP contribution >= 0.6 is 0 Å². The van der Waals surface area contributed by atoms with Crippen molar-refractivity contribution in [3.8, 4) is 0 Å². The summed E-state index contributed by atoms with van der Waals surface area (Å²) in [6.07, 6.45) is 7.68. The molecule has 7 heteroatoms. The van der Waals surface area contributed by atoms with Gasteiger partial charge in [-0.05, 0) is 63.2 Å². The molecular weight excluding hydrogens is 456 g/mol. The predicted molar refractivity (Wildman–Crippen MR) is 137 cm³/mol. The number of Topliss-reactive ketones (excluding diaryl/α,β-unsaturated/α-hetero) is 2. The van der Waals surface area contributed by atoms with Gasteiger partial charge in [-0.2, -0.15) is 0 Å². The lowest BCUT2D eigenvalue weighted by atomic mass is 9.88. The summed E-state index contributed by atoms with van der Waals surface area (Å²) in [5.74, 6) is -0.488. The van der Waals surface area contributed by atoms with E-state index < -0.39 is 0 Å². The van der Waals surface area contributed by atoms with Crippen LogP contribution in [0.5, 0.6) is 0 Å². The molecule has 2 heterocycles. The molecule has 1 aromatic rings. The molecule has 0 atom stereocenters. The summed E-state index contributed by atoms with van der Waals surface area (Å²) in [5.41, 5.74) is 2.83. The molecule has 0 N–H and O–H groups in total. The van der Waals surface area contributed by atoms with E-state index in [9.17, 15) is 14.4 Å². The highest BCUT2D eigenvalue weighted by atomic mass is 16.5. The van der Waals surface area contributed by atoms with Gasteiger partial charge in [-0.25, -0.2) is 0 Å². The second-order valence-corrected chi connectivity index (χ2v) is 10.0. The second-order valence-electron chi connectivity index (χ2n) is 10.0. The molecule has 0 unspecified atom stereocenters. The number of hydrogen-bond donors (Lipinski definition) is 0. The van der Waals surface area contributed by atoms with Crippen LogP contribution in [0.15, 0.2) is 46.9 Å². The number of piperidine rings is 2. The molecule has 1 aliphatic carbocycles. The third-order valence-corrected chi connectivity index (χ3v) is 7.85. The molecular formula is C29H38N2O5. The zero-order valence-corrected chi connectivity index (χ0v) is 21.8. The number of carbonyl (C=O) groups excluding carboxylic acids is 3. The maximum Gasteiger partial charge on any atom is 0.228 e. The molecule has 2 aliphatic heterocycles. The minimum absolute atomic E-state index is 0.0421. The number of ketones is 2. The highest BCUT2D eigenvalue weighted by Gasteiger charge is 2.34. The van der Waals surface area contributed by atoms with Crippen molar-refractivity contribution in [2.45, 2.75) is 64.3 Å². The van der Waals surface area contributed by atoms with Crippen molar-refractivity contribution in [2.24, 2.45) is 0 Å². The lowest BCUT2D eigenvalue weighted by Crippen LogP contribution is -2.48. The van der Waals surface area contributed by atoms with Gasteiger partial charge >= 0.3 is 0 Å². The molecule has 0 aromatic heterocycles. The predicted octanol–water partition coefficient (Wildman–Crippen LogP) is 3.61. The smallest absolute Gasteiger partial charge is 0.228 e. The van der Waals surface area contributed by atoms with Crippen molar-refractivity contribution >= 4 is 17.5 Å². The van der Waals surface area contributed by atoms with Crippen LogP contribution in [-0.2, 0) is 36.7 Å². The number of amides is 1. The van der Waals surface area contributed by atoms with Crippen molar-refractivity contribution in [3.63, 3.8) is 0 Å². The quantitative estimate of drug-likeness (QED) is 0.514. The molecule has 3 aliphatic rings. The summed E-state index contributed by atoms with van der Waals surface area (Å²) in [7, 11) is 2.73. The number of hydrogen-bond acceptors (Lipinski definition) is 6. The fourth-order valence-corrected chi connectivity index (χ4v) is 5.61. The molecule has 2 saturated heterocycles. The Morgan fingerprint density at radius 3 is 2.06 bits per heavy atom. The first kappa shape index (κ1) is 26.1. The van der Waals surface area contributed by atoms with E-state index in [4.69, 9.17) is 9.47 Å². The van der Waals surface area contributed by atoms with Crippen LogP contribution in [-0.4, -0.2) is 73.7 Å². The molecule has 7 nitrogen and oxygen atoms in total. The molecule has 0 radical (unpaired) electrons. The Morgan fingerprint density at radius 2 is 1.44 bits per heavy atom. The summed E-state index contributed by atoms with van der Waals surface area (Å²) in [5, 5.41) is 0. The Labute approximate surface area is 214 Å². The van der Waals surface area contributed by atoms with Gasteiger partial charge < -0.3 is 19.3 Å². The Hall–Kier alpha value is -2.93. The van der Waals surface area contributed by atoms with Crippen molar-refractivity contribution in [1.29, 1.82) is 0 Å². The number of nitrogens with zero attached hydrogens (tertiary/aromatic N) is 2. The van der Waals surface area contributed by atoms with Gasteiger partial charge in [0.05, 0.1) is 14.2 Å². The van der Waals surface area contributed by atoms with Crippen molar-refractivity contribution < 1.29 is 23.9 Å². The van der Waals surface area contributed by atoms with E-state index in [0.717, 1.165) is 37.1 Å². The van der Waals surface area contributed by atoms with Gasteiger partial charge in [-0.3, -0.25) is 14.4 Å². The summed E-state index contributed by atoms with van der Waals surface area (Å²) in [4.78, 5) is 42.9. The third-order valence-electron chi connectivity index (χ3n) is 7.85. The molecule has 2 fully saturated rings. The highest BCUT2D eigenvalue weighted by Crippen LogP contribution is 2.28. The Bertz CT molecular complexity index is 1040. The maximum absolute atomic E-state index is 12.9. The fraction of sp³-hybridized carbons (Fsp3) is 0.552. The summed E-state index contributed by atoms with van der Waals surface area (Å²) >= 11 is 0. The topological polar surface area (TPSA) is 76.2 Å². The minimum Gasteiger partial charge on any atom is -0.489 e. The maximum atomic E-state index is 12.9. The molecule has 4 rings (SSSR count). The fourth-order valence-electron chi connectivity index (χ4n) is 5.61. The number of methoxy groups -OCH3 is 2. The summed E-state index contributed by atoms with van der Waals surface area (Å²) < 4.78 is 10.3. The number of carbonyl (C=O) groups is 3. The highest BCUT2D eigenvalue weighted by molar-refractivity contribution is 6.23. The van der Waals surface area contributed by atoms with E-state index in [-0.39, 0.29) is 29.0 Å². The number of allylic oxidation sites excluding steroid dienone is 2. The zero-order valence-electron chi connectivity index (χ0n) is 21.8. The van der Waals surface area contributed by atoms with E-state index in [1.165, 1.54) is 46.6 Å².